The molecule has 0 bridgehead atoms. The van der Waals surface area contributed by atoms with E-state index in [0.29, 0.717) is 5.82 Å². The minimum Gasteiger partial charge on any atom is -0.394 e. The molecule has 1 unspecified atom stereocenters. The molecule has 0 spiro atoms. The Bertz CT molecular complexity index is 524. The maximum Gasteiger partial charge on any atom is 0.245 e. The van der Waals surface area contributed by atoms with Crippen LogP contribution in [0.3, 0.4) is 0 Å². The first-order chi connectivity index (χ1) is 8.70. The molecule has 0 fully saturated rings. The summed E-state index contributed by atoms with van der Waals surface area (Å²) in [5, 5.41) is 19.6. The van der Waals surface area contributed by atoms with E-state index in [1.54, 1.807) is 0 Å². The minimum atomic E-state index is -0.337. The van der Waals surface area contributed by atoms with Gasteiger partial charge in [-0.1, -0.05) is 41.9 Å². The summed E-state index contributed by atoms with van der Waals surface area (Å²) in [5.41, 5.74) is 0.908. The van der Waals surface area contributed by atoms with Crippen molar-refractivity contribution in [3.8, 4) is 0 Å². The SMILES string of the molecule is OCC(Nc1nc(Cl)nnc1Cl)c1ccccc1. The second kappa shape index (κ2) is 5.95. The van der Waals surface area contributed by atoms with Crippen molar-refractivity contribution in [1.82, 2.24) is 15.2 Å². The zero-order chi connectivity index (χ0) is 13.0. The van der Waals surface area contributed by atoms with Crippen LogP contribution in [-0.2, 0) is 0 Å². The Morgan fingerprint density at radius 3 is 2.56 bits per heavy atom. The van der Waals surface area contributed by atoms with Gasteiger partial charge in [0, 0.05) is 0 Å². The third kappa shape index (κ3) is 3.07. The van der Waals surface area contributed by atoms with Crippen LogP contribution in [0.1, 0.15) is 11.6 Å². The summed E-state index contributed by atoms with van der Waals surface area (Å²) >= 11 is 11.5. The first kappa shape index (κ1) is 13.0. The molecule has 7 heteroatoms. The number of halogens is 2. The first-order valence-electron chi connectivity index (χ1n) is 5.18. The number of hydrogen-bond donors (Lipinski definition) is 2. The van der Waals surface area contributed by atoms with E-state index in [4.69, 9.17) is 23.2 Å². The normalized spacial score (nSPS) is 12.2. The Balaban J connectivity index is 2.23. The van der Waals surface area contributed by atoms with Crippen molar-refractivity contribution in [2.45, 2.75) is 6.04 Å². The molecule has 1 heterocycles. The number of aliphatic hydroxyl groups is 1. The Hall–Kier alpha value is -1.43. The van der Waals surface area contributed by atoms with Gasteiger partial charge >= 0.3 is 0 Å². The van der Waals surface area contributed by atoms with Crippen molar-refractivity contribution in [2.75, 3.05) is 11.9 Å². The molecular weight excluding hydrogens is 275 g/mol. The van der Waals surface area contributed by atoms with Gasteiger partial charge in [0.05, 0.1) is 12.6 Å². The van der Waals surface area contributed by atoms with E-state index >= 15 is 0 Å². The molecule has 1 atom stereocenters. The van der Waals surface area contributed by atoms with E-state index in [0.717, 1.165) is 5.56 Å². The Labute approximate surface area is 114 Å². The predicted molar refractivity (Wildman–Crippen MR) is 69.7 cm³/mol. The molecular formula is C11H10Cl2N4O. The molecule has 0 radical (unpaired) electrons. The third-order valence-corrected chi connectivity index (χ3v) is 2.73. The van der Waals surface area contributed by atoms with Crippen LogP contribution in [0.2, 0.25) is 10.4 Å². The Kier molecular flexibility index (Phi) is 4.30. The fourth-order valence-corrected chi connectivity index (χ4v) is 1.73. The van der Waals surface area contributed by atoms with Crippen molar-refractivity contribution < 1.29 is 5.11 Å². The van der Waals surface area contributed by atoms with Crippen LogP contribution in [0.25, 0.3) is 0 Å². The van der Waals surface area contributed by atoms with E-state index in [2.05, 4.69) is 20.5 Å². The van der Waals surface area contributed by atoms with Crippen LogP contribution in [0.4, 0.5) is 5.82 Å². The first-order valence-corrected chi connectivity index (χ1v) is 5.94. The number of nitrogens with one attached hydrogen (secondary N) is 1. The van der Waals surface area contributed by atoms with Gasteiger partial charge in [-0.25, -0.2) is 0 Å². The van der Waals surface area contributed by atoms with E-state index in [1.807, 2.05) is 30.3 Å². The minimum absolute atomic E-state index is 0.00773. The van der Waals surface area contributed by atoms with E-state index in [-0.39, 0.29) is 23.1 Å². The molecule has 18 heavy (non-hydrogen) atoms. The van der Waals surface area contributed by atoms with Crippen molar-refractivity contribution in [2.24, 2.45) is 0 Å². The van der Waals surface area contributed by atoms with Gasteiger partial charge in [-0.2, -0.15) is 4.98 Å². The number of benzene rings is 1. The van der Waals surface area contributed by atoms with E-state index in [9.17, 15) is 5.11 Å². The molecule has 0 aliphatic carbocycles. The molecule has 0 aliphatic rings. The Morgan fingerprint density at radius 1 is 1.17 bits per heavy atom. The fourth-order valence-electron chi connectivity index (χ4n) is 1.47. The van der Waals surface area contributed by atoms with Crippen LogP contribution < -0.4 is 5.32 Å². The molecule has 0 amide bonds. The highest BCUT2D eigenvalue weighted by atomic mass is 35.5. The topological polar surface area (TPSA) is 70.9 Å². The molecule has 0 saturated carbocycles. The molecule has 2 aromatic rings. The zero-order valence-corrected chi connectivity index (χ0v) is 10.7. The summed E-state index contributed by atoms with van der Waals surface area (Å²) in [6.07, 6.45) is 0. The van der Waals surface area contributed by atoms with Gasteiger partial charge in [0.25, 0.3) is 0 Å². The highest BCUT2D eigenvalue weighted by molar-refractivity contribution is 6.32. The maximum atomic E-state index is 9.40. The van der Waals surface area contributed by atoms with Crippen LogP contribution in [0.5, 0.6) is 0 Å². The number of anilines is 1. The summed E-state index contributed by atoms with van der Waals surface area (Å²) in [7, 11) is 0. The van der Waals surface area contributed by atoms with Crippen LogP contribution >= 0.6 is 23.2 Å². The lowest BCUT2D eigenvalue weighted by Gasteiger charge is -2.17. The van der Waals surface area contributed by atoms with Gasteiger partial charge in [0.2, 0.25) is 5.28 Å². The zero-order valence-electron chi connectivity index (χ0n) is 9.22. The smallest absolute Gasteiger partial charge is 0.245 e. The van der Waals surface area contributed by atoms with Gasteiger partial charge in [-0.05, 0) is 17.2 Å². The summed E-state index contributed by atoms with van der Waals surface area (Å²) < 4.78 is 0. The van der Waals surface area contributed by atoms with Crippen LogP contribution in [0, 0.1) is 0 Å². The average Bonchev–Trinajstić information content (AvgIpc) is 2.41. The number of aliphatic hydroxyl groups excluding tert-OH is 1. The molecule has 1 aromatic carbocycles. The highest BCUT2D eigenvalue weighted by Crippen LogP contribution is 2.22. The average molecular weight is 285 g/mol. The van der Waals surface area contributed by atoms with Crippen molar-refractivity contribution in [1.29, 1.82) is 0 Å². The quantitative estimate of drug-likeness (QED) is 0.902. The molecule has 2 rings (SSSR count). The number of hydrogen-bond acceptors (Lipinski definition) is 5. The monoisotopic (exact) mass is 284 g/mol. The van der Waals surface area contributed by atoms with E-state index in [1.165, 1.54) is 0 Å². The summed E-state index contributed by atoms with van der Waals surface area (Å²) in [4.78, 5) is 3.92. The fraction of sp³-hybridized carbons (Fsp3) is 0.182. The van der Waals surface area contributed by atoms with Gasteiger partial charge in [0.15, 0.2) is 11.0 Å². The third-order valence-electron chi connectivity index (χ3n) is 2.32. The lowest BCUT2D eigenvalue weighted by atomic mass is 10.1. The maximum absolute atomic E-state index is 9.40. The molecule has 5 nitrogen and oxygen atoms in total. The number of rotatable bonds is 4. The molecule has 94 valence electrons. The van der Waals surface area contributed by atoms with Crippen molar-refractivity contribution in [3.05, 3.63) is 46.3 Å². The second-order valence-corrected chi connectivity index (χ2v) is 4.21. The molecule has 2 N–H and O–H groups in total. The summed E-state index contributed by atoms with van der Waals surface area (Å²) in [6, 6.07) is 9.10. The van der Waals surface area contributed by atoms with Crippen LogP contribution in [0.15, 0.2) is 30.3 Å². The lowest BCUT2D eigenvalue weighted by molar-refractivity contribution is 0.276. The number of nitrogens with zero attached hydrogens (tertiary/aromatic N) is 3. The standard InChI is InChI=1S/C11H10Cl2N4O/c12-9-10(15-11(13)17-16-9)14-8(6-18)7-4-2-1-3-5-7/h1-5,8,18H,6H2,(H,14,15,17). The molecule has 1 aromatic heterocycles. The van der Waals surface area contributed by atoms with Gasteiger partial charge < -0.3 is 10.4 Å². The van der Waals surface area contributed by atoms with Crippen molar-refractivity contribution >= 4 is 29.0 Å². The lowest BCUT2D eigenvalue weighted by Crippen LogP contribution is -2.16. The highest BCUT2D eigenvalue weighted by Gasteiger charge is 2.14. The van der Waals surface area contributed by atoms with E-state index < -0.39 is 0 Å². The van der Waals surface area contributed by atoms with Crippen LogP contribution in [-0.4, -0.2) is 26.9 Å². The second-order valence-electron chi connectivity index (χ2n) is 3.51. The van der Waals surface area contributed by atoms with Gasteiger partial charge in [-0.15, -0.1) is 10.2 Å². The van der Waals surface area contributed by atoms with Gasteiger partial charge in [-0.3, -0.25) is 0 Å². The van der Waals surface area contributed by atoms with Crippen molar-refractivity contribution in [3.63, 3.8) is 0 Å². The Morgan fingerprint density at radius 2 is 1.89 bits per heavy atom. The van der Waals surface area contributed by atoms with Gasteiger partial charge in [0.1, 0.15) is 0 Å². The predicted octanol–water partition coefficient (Wildman–Crippen LogP) is 2.32. The largest absolute Gasteiger partial charge is 0.394 e. The number of aromatic nitrogens is 3. The summed E-state index contributed by atoms with van der Waals surface area (Å²) in [5.74, 6) is 0.291. The molecule has 0 saturated heterocycles. The summed E-state index contributed by atoms with van der Waals surface area (Å²) in [6.45, 7) is -0.109. The molecule has 0 aliphatic heterocycles.